The average molecular weight is 569 g/mol. The molecule has 0 saturated heterocycles. The van der Waals surface area contributed by atoms with Crippen LogP contribution >= 0.6 is 0 Å². The zero-order valence-electron chi connectivity index (χ0n) is 24.7. The summed E-state index contributed by atoms with van der Waals surface area (Å²) in [6.07, 6.45) is 0.656. The fourth-order valence-corrected chi connectivity index (χ4v) is 5.58. The van der Waals surface area contributed by atoms with E-state index in [4.69, 9.17) is 14.5 Å². The van der Waals surface area contributed by atoms with E-state index >= 15 is 0 Å². The maximum absolute atomic E-state index is 14.0. The number of aromatic nitrogens is 2. The topological polar surface area (TPSA) is 107 Å². The molecule has 0 unspecified atom stereocenters. The molecule has 9 heteroatoms. The molecule has 0 spiro atoms. The highest BCUT2D eigenvalue weighted by Crippen LogP contribution is 2.37. The van der Waals surface area contributed by atoms with E-state index in [0.29, 0.717) is 36.6 Å². The third kappa shape index (κ3) is 5.54. The van der Waals surface area contributed by atoms with Gasteiger partial charge in [-0.3, -0.25) is 13.9 Å². The number of para-hydroxylation sites is 1. The van der Waals surface area contributed by atoms with Crippen LogP contribution in [-0.4, -0.2) is 40.4 Å². The van der Waals surface area contributed by atoms with E-state index in [1.807, 2.05) is 45.9 Å². The molecule has 1 aromatic heterocycles. The summed E-state index contributed by atoms with van der Waals surface area (Å²) in [4.78, 5) is 31.8. The van der Waals surface area contributed by atoms with Crippen molar-refractivity contribution in [1.29, 1.82) is 0 Å². The standard InChI is InChI=1S/C33H36N4O5/c1-6-42-29-17-23-11-13-36-26(25(23)18-28(29)41-5)19-30(35-31-21(3)15-20(2)16-22(31)4)37(33(36)40)14-12-34-32(39)24-9-7-8-10-27(24)38/h7-10,15-19,38H,6,11-14H2,1-5H3,(H,34,39). The van der Waals surface area contributed by atoms with Gasteiger partial charge in [0, 0.05) is 31.3 Å². The quantitative estimate of drug-likeness (QED) is 0.324. The molecule has 0 atom stereocenters. The number of aryl methyl sites for hydroxylation is 4. The number of aromatic hydroxyl groups is 1. The van der Waals surface area contributed by atoms with Gasteiger partial charge in [0.1, 0.15) is 11.2 Å². The van der Waals surface area contributed by atoms with Crippen LogP contribution in [0.5, 0.6) is 17.2 Å². The van der Waals surface area contributed by atoms with Gasteiger partial charge in [-0.15, -0.1) is 0 Å². The van der Waals surface area contributed by atoms with Crippen molar-refractivity contribution in [3.63, 3.8) is 0 Å². The molecule has 3 aromatic carbocycles. The Morgan fingerprint density at radius 1 is 1.05 bits per heavy atom. The van der Waals surface area contributed by atoms with E-state index < -0.39 is 5.91 Å². The number of hydrogen-bond acceptors (Lipinski definition) is 6. The SMILES string of the molecule is CCOc1cc2c(cc1OC)-c1cc(=Nc3c(C)cc(C)cc3C)n(CCNC(=O)c3ccccc3O)c(=O)n1CC2. The summed E-state index contributed by atoms with van der Waals surface area (Å²) in [6.45, 7) is 9.37. The Morgan fingerprint density at radius 2 is 1.79 bits per heavy atom. The number of carbonyl (C=O) groups excluding carboxylic acids is 1. The summed E-state index contributed by atoms with van der Waals surface area (Å²) in [5.41, 5.74) is 7.12. The fraction of sp³-hybridized carbons (Fsp3) is 0.303. The number of ether oxygens (including phenoxy) is 2. The van der Waals surface area contributed by atoms with E-state index in [1.165, 1.54) is 6.07 Å². The number of benzene rings is 3. The molecule has 2 heterocycles. The maximum Gasteiger partial charge on any atom is 0.330 e. The number of fused-ring (bicyclic) bond motifs is 3. The molecule has 0 bridgehead atoms. The summed E-state index contributed by atoms with van der Waals surface area (Å²) in [5.74, 6) is 0.765. The Balaban J connectivity index is 1.62. The summed E-state index contributed by atoms with van der Waals surface area (Å²) in [7, 11) is 1.60. The molecule has 1 aliphatic heterocycles. The number of carbonyl (C=O) groups is 1. The number of nitrogens with one attached hydrogen (secondary N) is 1. The van der Waals surface area contributed by atoms with Gasteiger partial charge in [0.2, 0.25) is 0 Å². The van der Waals surface area contributed by atoms with Crippen LogP contribution in [0.3, 0.4) is 0 Å². The summed E-state index contributed by atoms with van der Waals surface area (Å²) < 4.78 is 14.8. The molecule has 9 nitrogen and oxygen atoms in total. The Kier molecular flexibility index (Phi) is 8.20. The van der Waals surface area contributed by atoms with Gasteiger partial charge in [-0.25, -0.2) is 9.79 Å². The molecule has 4 aromatic rings. The van der Waals surface area contributed by atoms with E-state index in [0.717, 1.165) is 39.2 Å². The number of hydrogen-bond donors (Lipinski definition) is 2. The summed E-state index contributed by atoms with van der Waals surface area (Å²) >= 11 is 0. The zero-order valence-corrected chi connectivity index (χ0v) is 24.7. The third-order valence-electron chi connectivity index (χ3n) is 7.50. The van der Waals surface area contributed by atoms with E-state index in [9.17, 15) is 14.7 Å². The molecule has 218 valence electrons. The molecule has 5 rings (SSSR count). The van der Waals surface area contributed by atoms with Gasteiger partial charge in [0.15, 0.2) is 11.5 Å². The molecule has 1 amide bonds. The summed E-state index contributed by atoms with van der Waals surface area (Å²) in [6, 6.07) is 16.4. The lowest BCUT2D eigenvalue weighted by atomic mass is 9.97. The van der Waals surface area contributed by atoms with Crippen LogP contribution in [0.1, 0.15) is 39.5 Å². The van der Waals surface area contributed by atoms with Gasteiger partial charge in [0.25, 0.3) is 5.91 Å². The highest BCUT2D eigenvalue weighted by atomic mass is 16.5. The molecule has 0 fully saturated rings. The second-order valence-corrected chi connectivity index (χ2v) is 10.4. The van der Waals surface area contributed by atoms with Crippen molar-refractivity contribution < 1.29 is 19.4 Å². The Hall–Kier alpha value is -4.79. The van der Waals surface area contributed by atoms with Crippen LogP contribution in [0.25, 0.3) is 11.3 Å². The second-order valence-electron chi connectivity index (χ2n) is 10.4. The van der Waals surface area contributed by atoms with Crippen molar-refractivity contribution >= 4 is 11.6 Å². The molecule has 1 aliphatic rings. The molecule has 0 aliphatic carbocycles. The van der Waals surface area contributed by atoms with Crippen molar-refractivity contribution in [2.45, 2.75) is 47.2 Å². The normalized spacial score (nSPS) is 12.5. The Bertz CT molecular complexity index is 1780. The molecular formula is C33H36N4O5. The van der Waals surface area contributed by atoms with E-state index in [1.54, 1.807) is 34.4 Å². The zero-order chi connectivity index (χ0) is 30.0. The van der Waals surface area contributed by atoms with Crippen LogP contribution in [0.15, 0.2) is 64.4 Å². The van der Waals surface area contributed by atoms with Gasteiger partial charge in [-0.2, -0.15) is 0 Å². The first-order valence-corrected chi connectivity index (χ1v) is 14.1. The average Bonchev–Trinajstić information content (AvgIpc) is 2.96. The number of rotatable bonds is 8. The van der Waals surface area contributed by atoms with Crippen LogP contribution in [0.2, 0.25) is 0 Å². The second kappa shape index (κ2) is 12.0. The van der Waals surface area contributed by atoms with E-state index in [-0.39, 0.29) is 30.1 Å². The van der Waals surface area contributed by atoms with Crippen LogP contribution in [0, 0.1) is 20.8 Å². The number of methoxy groups -OCH3 is 1. The van der Waals surface area contributed by atoms with Gasteiger partial charge in [-0.1, -0.05) is 29.8 Å². The van der Waals surface area contributed by atoms with Crippen molar-refractivity contribution in [3.05, 3.63) is 98.4 Å². The highest BCUT2D eigenvalue weighted by molar-refractivity contribution is 5.96. The first kappa shape index (κ1) is 28.7. The van der Waals surface area contributed by atoms with Crippen molar-refractivity contribution in [2.24, 2.45) is 4.99 Å². The number of phenols is 1. The lowest BCUT2D eigenvalue weighted by molar-refractivity contribution is 0.0949. The summed E-state index contributed by atoms with van der Waals surface area (Å²) in [5, 5.41) is 12.9. The van der Waals surface area contributed by atoms with Gasteiger partial charge < -0.3 is 19.9 Å². The third-order valence-corrected chi connectivity index (χ3v) is 7.50. The Labute approximate surface area is 244 Å². The minimum absolute atomic E-state index is 0.0981. The first-order chi connectivity index (χ1) is 20.2. The van der Waals surface area contributed by atoms with Crippen LogP contribution < -0.4 is 26.0 Å². The lowest BCUT2D eigenvalue weighted by Gasteiger charge is -2.25. The van der Waals surface area contributed by atoms with E-state index in [2.05, 4.69) is 17.4 Å². The highest BCUT2D eigenvalue weighted by Gasteiger charge is 2.23. The largest absolute Gasteiger partial charge is 0.507 e. The molecular weight excluding hydrogens is 532 g/mol. The lowest BCUT2D eigenvalue weighted by Crippen LogP contribution is -2.44. The number of amides is 1. The molecule has 0 saturated carbocycles. The van der Waals surface area contributed by atoms with Gasteiger partial charge >= 0.3 is 5.69 Å². The molecule has 42 heavy (non-hydrogen) atoms. The minimum atomic E-state index is -0.415. The van der Waals surface area contributed by atoms with Crippen molar-refractivity contribution in [1.82, 2.24) is 14.5 Å². The van der Waals surface area contributed by atoms with Crippen molar-refractivity contribution in [3.8, 4) is 28.5 Å². The van der Waals surface area contributed by atoms with Crippen LogP contribution in [-0.2, 0) is 19.5 Å². The predicted octanol–water partition coefficient (Wildman–Crippen LogP) is 4.57. The first-order valence-electron chi connectivity index (χ1n) is 14.1. The van der Waals surface area contributed by atoms with Crippen LogP contribution in [0.4, 0.5) is 5.69 Å². The molecule has 0 radical (unpaired) electrons. The van der Waals surface area contributed by atoms with Crippen molar-refractivity contribution in [2.75, 3.05) is 20.3 Å². The number of nitrogens with zero attached hydrogens (tertiary/aromatic N) is 3. The van der Waals surface area contributed by atoms with Gasteiger partial charge in [0.05, 0.1) is 30.7 Å². The van der Waals surface area contributed by atoms with Gasteiger partial charge in [-0.05, 0) is 75.1 Å². The maximum atomic E-state index is 14.0. The minimum Gasteiger partial charge on any atom is -0.507 e. The monoisotopic (exact) mass is 568 g/mol. The predicted molar refractivity (Wildman–Crippen MR) is 162 cm³/mol. The smallest absolute Gasteiger partial charge is 0.330 e. The Morgan fingerprint density at radius 3 is 2.48 bits per heavy atom. The fourth-order valence-electron chi connectivity index (χ4n) is 5.58. The molecule has 2 N–H and O–H groups in total. The number of phenolic OH excluding ortho intramolecular Hbond substituents is 1.